The predicted molar refractivity (Wildman–Crippen MR) is 75.5 cm³/mol. The van der Waals surface area contributed by atoms with Crippen LogP contribution in [0.5, 0.6) is 5.75 Å². The highest BCUT2D eigenvalue weighted by molar-refractivity contribution is 9.10. The van der Waals surface area contributed by atoms with Gasteiger partial charge in [-0.05, 0) is 58.0 Å². The Morgan fingerprint density at radius 2 is 1.94 bits per heavy atom. The normalized spacial score (nSPS) is 10.6. The first-order chi connectivity index (χ1) is 8.25. The van der Waals surface area contributed by atoms with Crippen LogP contribution in [-0.4, -0.2) is 11.7 Å². The lowest BCUT2D eigenvalue weighted by Gasteiger charge is -2.04. The van der Waals surface area contributed by atoms with Crippen LogP contribution in [0.3, 0.4) is 0 Å². The van der Waals surface area contributed by atoms with Crippen LogP contribution in [0.1, 0.15) is 10.4 Å². The lowest BCUT2D eigenvalue weighted by molar-refractivity contribution is 0.475. The maximum atomic E-state index is 9.16. The van der Waals surface area contributed by atoms with E-state index < -0.39 is 0 Å². The van der Waals surface area contributed by atoms with Crippen LogP contribution >= 0.6 is 27.3 Å². The maximum Gasteiger partial charge on any atom is 0.115 e. The third kappa shape index (κ3) is 3.84. The topological polar surface area (TPSA) is 32.3 Å². The van der Waals surface area contributed by atoms with Crippen LogP contribution in [0, 0.1) is 0 Å². The van der Waals surface area contributed by atoms with Gasteiger partial charge < -0.3 is 10.4 Å². The van der Waals surface area contributed by atoms with Gasteiger partial charge in [-0.15, -0.1) is 11.3 Å². The summed E-state index contributed by atoms with van der Waals surface area (Å²) in [5.74, 6) is 0.323. The average Bonchev–Trinajstić information content (AvgIpc) is 2.73. The number of aromatic hydroxyl groups is 1. The molecule has 2 aromatic rings. The number of halogens is 1. The molecule has 0 bridgehead atoms. The first kappa shape index (κ1) is 12.6. The molecule has 0 aliphatic carbocycles. The summed E-state index contributed by atoms with van der Waals surface area (Å²) in [6.07, 6.45) is 0.975. The molecule has 90 valence electrons. The first-order valence-corrected chi connectivity index (χ1v) is 7.13. The first-order valence-electron chi connectivity index (χ1n) is 5.46. The lowest BCUT2D eigenvalue weighted by atomic mass is 10.1. The smallest absolute Gasteiger partial charge is 0.115 e. The largest absolute Gasteiger partial charge is 0.508 e. The molecule has 0 saturated carbocycles. The van der Waals surface area contributed by atoms with Crippen molar-refractivity contribution in [2.24, 2.45) is 0 Å². The van der Waals surface area contributed by atoms with Crippen molar-refractivity contribution in [3.63, 3.8) is 0 Å². The van der Waals surface area contributed by atoms with Gasteiger partial charge in [-0.2, -0.15) is 0 Å². The summed E-state index contributed by atoms with van der Waals surface area (Å²) in [6, 6.07) is 9.44. The van der Waals surface area contributed by atoms with Gasteiger partial charge in [0.2, 0.25) is 0 Å². The molecule has 0 fully saturated rings. The Morgan fingerprint density at radius 3 is 2.59 bits per heavy atom. The third-order valence-corrected chi connectivity index (χ3v) is 4.43. The highest BCUT2D eigenvalue weighted by Crippen LogP contribution is 2.22. The minimum atomic E-state index is 0.323. The molecule has 2 nitrogen and oxygen atoms in total. The quantitative estimate of drug-likeness (QED) is 0.828. The van der Waals surface area contributed by atoms with Gasteiger partial charge >= 0.3 is 0 Å². The molecule has 0 aliphatic heterocycles. The number of nitrogens with one attached hydrogen (secondary N) is 1. The van der Waals surface area contributed by atoms with E-state index in [-0.39, 0.29) is 0 Å². The summed E-state index contributed by atoms with van der Waals surface area (Å²) < 4.78 is 1.18. The van der Waals surface area contributed by atoms with Gasteiger partial charge in [0.15, 0.2) is 0 Å². The molecule has 0 atom stereocenters. The molecule has 0 amide bonds. The Bertz CT molecular complexity index is 467. The fourth-order valence-corrected chi connectivity index (χ4v) is 3.01. The zero-order chi connectivity index (χ0) is 12.1. The van der Waals surface area contributed by atoms with Crippen LogP contribution in [0.15, 0.2) is 40.2 Å². The monoisotopic (exact) mass is 311 g/mol. The standard InChI is InChI=1S/C13H14BrNOS/c14-12-6-8-17-13(12)9-15-7-5-10-1-3-11(16)4-2-10/h1-4,6,8,15-16H,5,7,9H2. The molecule has 0 radical (unpaired) electrons. The van der Waals surface area contributed by atoms with Gasteiger partial charge in [-0.1, -0.05) is 12.1 Å². The van der Waals surface area contributed by atoms with Gasteiger partial charge in [0.25, 0.3) is 0 Å². The second-order valence-electron chi connectivity index (χ2n) is 3.78. The minimum Gasteiger partial charge on any atom is -0.508 e. The molecular weight excluding hydrogens is 298 g/mol. The maximum absolute atomic E-state index is 9.16. The Labute approximate surface area is 113 Å². The molecule has 2 N–H and O–H groups in total. The molecule has 0 aliphatic rings. The molecular formula is C13H14BrNOS. The van der Waals surface area contributed by atoms with Crippen LogP contribution in [0.4, 0.5) is 0 Å². The number of hydrogen-bond donors (Lipinski definition) is 2. The van der Waals surface area contributed by atoms with E-state index >= 15 is 0 Å². The van der Waals surface area contributed by atoms with Crippen molar-refractivity contribution >= 4 is 27.3 Å². The fourth-order valence-electron chi connectivity index (χ4n) is 1.55. The Hall–Kier alpha value is -0.840. The third-order valence-electron chi connectivity index (χ3n) is 2.50. The number of benzene rings is 1. The van der Waals surface area contributed by atoms with Crippen LogP contribution < -0.4 is 5.32 Å². The number of phenols is 1. The second-order valence-corrected chi connectivity index (χ2v) is 5.64. The van der Waals surface area contributed by atoms with Crippen LogP contribution in [-0.2, 0) is 13.0 Å². The Kier molecular flexibility index (Phi) is 4.59. The van der Waals surface area contributed by atoms with E-state index in [4.69, 9.17) is 5.11 Å². The SMILES string of the molecule is Oc1ccc(CCNCc2sccc2Br)cc1. The molecule has 17 heavy (non-hydrogen) atoms. The van der Waals surface area contributed by atoms with Crippen LogP contribution in [0.2, 0.25) is 0 Å². The van der Waals surface area contributed by atoms with Crippen molar-refractivity contribution in [2.75, 3.05) is 6.54 Å². The zero-order valence-electron chi connectivity index (χ0n) is 9.32. The van der Waals surface area contributed by atoms with Crippen molar-refractivity contribution in [3.8, 4) is 5.75 Å². The van der Waals surface area contributed by atoms with Crippen molar-refractivity contribution in [3.05, 3.63) is 50.6 Å². The summed E-state index contributed by atoms with van der Waals surface area (Å²) in [7, 11) is 0. The number of thiophene rings is 1. The van der Waals surface area contributed by atoms with Crippen LogP contribution in [0.25, 0.3) is 0 Å². The molecule has 2 rings (SSSR count). The van der Waals surface area contributed by atoms with Crippen molar-refractivity contribution < 1.29 is 5.11 Å². The lowest BCUT2D eigenvalue weighted by Crippen LogP contribution is -2.16. The predicted octanol–water partition coefficient (Wildman–Crippen LogP) is 3.55. The van der Waals surface area contributed by atoms with E-state index in [1.54, 1.807) is 23.5 Å². The Balaban J connectivity index is 1.73. The summed E-state index contributed by atoms with van der Waals surface area (Å²) >= 11 is 5.27. The van der Waals surface area contributed by atoms with Gasteiger partial charge in [-0.25, -0.2) is 0 Å². The number of hydrogen-bond acceptors (Lipinski definition) is 3. The van der Waals surface area contributed by atoms with E-state index in [1.807, 2.05) is 12.1 Å². The molecule has 1 aromatic carbocycles. The highest BCUT2D eigenvalue weighted by atomic mass is 79.9. The molecule has 0 unspecified atom stereocenters. The molecule has 0 saturated heterocycles. The number of phenolic OH excluding ortho intramolecular Hbond substituents is 1. The zero-order valence-corrected chi connectivity index (χ0v) is 11.7. The van der Waals surface area contributed by atoms with Gasteiger partial charge in [0.05, 0.1) is 0 Å². The summed E-state index contributed by atoms with van der Waals surface area (Å²) in [4.78, 5) is 1.33. The second kappa shape index (κ2) is 6.19. The van der Waals surface area contributed by atoms with Gasteiger partial charge in [-0.3, -0.25) is 0 Å². The Morgan fingerprint density at radius 1 is 1.18 bits per heavy atom. The molecule has 4 heteroatoms. The number of rotatable bonds is 5. The van der Waals surface area contributed by atoms with Gasteiger partial charge in [0.1, 0.15) is 5.75 Å². The summed E-state index contributed by atoms with van der Waals surface area (Å²) in [5.41, 5.74) is 1.24. The van der Waals surface area contributed by atoms with Gasteiger partial charge in [0, 0.05) is 15.9 Å². The minimum absolute atomic E-state index is 0.323. The summed E-state index contributed by atoms with van der Waals surface area (Å²) in [6.45, 7) is 1.84. The summed E-state index contributed by atoms with van der Waals surface area (Å²) in [5, 5.41) is 14.7. The molecule has 0 spiro atoms. The van der Waals surface area contributed by atoms with E-state index in [2.05, 4.69) is 32.7 Å². The van der Waals surface area contributed by atoms with Crippen molar-refractivity contribution in [1.29, 1.82) is 0 Å². The van der Waals surface area contributed by atoms with E-state index in [0.717, 1.165) is 19.5 Å². The van der Waals surface area contributed by atoms with Crippen molar-refractivity contribution in [1.82, 2.24) is 5.32 Å². The molecule has 1 heterocycles. The van der Waals surface area contributed by atoms with Crippen molar-refractivity contribution in [2.45, 2.75) is 13.0 Å². The van der Waals surface area contributed by atoms with E-state index in [1.165, 1.54) is 14.9 Å². The van der Waals surface area contributed by atoms with E-state index in [9.17, 15) is 0 Å². The highest BCUT2D eigenvalue weighted by Gasteiger charge is 2.00. The fraction of sp³-hybridized carbons (Fsp3) is 0.231. The molecule has 1 aromatic heterocycles. The average molecular weight is 312 g/mol. The van der Waals surface area contributed by atoms with E-state index in [0.29, 0.717) is 5.75 Å².